The average molecular weight is 207 g/mol. The first kappa shape index (κ1) is 10.5. The number of aromatic nitrogens is 2. The van der Waals surface area contributed by atoms with Gasteiger partial charge in [0.1, 0.15) is 5.82 Å². The molecule has 0 spiro atoms. The van der Waals surface area contributed by atoms with Crippen molar-refractivity contribution in [3.8, 4) is 0 Å². The quantitative estimate of drug-likeness (QED) is 0.783. The van der Waals surface area contributed by atoms with Gasteiger partial charge in [-0.15, -0.1) is 0 Å². The highest BCUT2D eigenvalue weighted by Crippen LogP contribution is 2.42. The third-order valence-electron chi connectivity index (χ3n) is 3.67. The van der Waals surface area contributed by atoms with E-state index in [-0.39, 0.29) is 0 Å². The molecule has 0 aliphatic heterocycles. The van der Waals surface area contributed by atoms with Gasteiger partial charge in [-0.1, -0.05) is 33.6 Å². The lowest BCUT2D eigenvalue weighted by atomic mass is 9.89. The standard InChI is InChI=1S/C12H21N3/c1-7(2)10-11(14-15-12(10)13)9-6-4-5-8(9)3/h7-9H,4-6H2,1-3H3,(H3,13,14,15). The van der Waals surface area contributed by atoms with Crippen LogP contribution in [0.25, 0.3) is 0 Å². The molecule has 84 valence electrons. The molecule has 15 heavy (non-hydrogen) atoms. The second-order valence-corrected chi connectivity index (χ2v) is 5.11. The van der Waals surface area contributed by atoms with Gasteiger partial charge < -0.3 is 5.73 Å². The van der Waals surface area contributed by atoms with Crippen LogP contribution in [0.2, 0.25) is 0 Å². The van der Waals surface area contributed by atoms with Crippen molar-refractivity contribution in [2.45, 2.75) is 51.9 Å². The summed E-state index contributed by atoms with van der Waals surface area (Å²) in [7, 11) is 0. The second-order valence-electron chi connectivity index (χ2n) is 5.11. The van der Waals surface area contributed by atoms with Crippen molar-refractivity contribution in [1.29, 1.82) is 0 Å². The predicted octanol–water partition coefficient (Wildman–Crippen LogP) is 3.02. The van der Waals surface area contributed by atoms with Gasteiger partial charge >= 0.3 is 0 Å². The van der Waals surface area contributed by atoms with Gasteiger partial charge in [0.05, 0.1) is 0 Å². The van der Waals surface area contributed by atoms with Gasteiger partial charge in [-0.25, -0.2) is 0 Å². The Labute approximate surface area is 91.4 Å². The first-order chi connectivity index (χ1) is 7.11. The van der Waals surface area contributed by atoms with E-state index >= 15 is 0 Å². The molecule has 0 radical (unpaired) electrons. The van der Waals surface area contributed by atoms with E-state index in [1.54, 1.807) is 0 Å². The zero-order valence-corrected chi connectivity index (χ0v) is 9.88. The fraction of sp³-hybridized carbons (Fsp3) is 0.750. The van der Waals surface area contributed by atoms with Crippen molar-refractivity contribution in [3.63, 3.8) is 0 Å². The average Bonchev–Trinajstić information content (AvgIpc) is 2.71. The molecule has 0 aromatic carbocycles. The number of nitrogens with zero attached hydrogens (tertiary/aromatic N) is 1. The Morgan fingerprint density at radius 3 is 2.67 bits per heavy atom. The summed E-state index contributed by atoms with van der Waals surface area (Å²) in [6.07, 6.45) is 3.95. The Morgan fingerprint density at radius 2 is 2.13 bits per heavy atom. The van der Waals surface area contributed by atoms with Crippen LogP contribution in [0, 0.1) is 5.92 Å². The van der Waals surface area contributed by atoms with Crippen LogP contribution in [0.3, 0.4) is 0 Å². The summed E-state index contributed by atoms with van der Waals surface area (Å²) in [5.74, 6) is 2.57. The van der Waals surface area contributed by atoms with Gasteiger partial charge in [-0.05, 0) is 18.3 Å². The number of H-pyrrole nitrogens is 1. The lowest BCUT2D eigenvalue weighted by Gasteiger charge is -2.17. The van der Waals surface area contributed by atoms with Crippen molar-refractivity contribution >= 4 is 5.82 Å². The second kappa shape index (κ2) is 3.87. The number of rotatable bonds is 2. The molecule has 3 heteroatoms. The van der Waals surface area contributed by atoms with Crippen LogP contribution in [0.1, 0.15) is 63.1 Å². The molecule has 1 heterocycles. The highest BCUT2D eigenvalue weighted by atomic mass is 15.2. The molecular formula is C12H21N3. The molecule has 1 saturated carbocycles. The molecule has 1 aliphatic rings. The highest BCUT2D eigenvalue weighted by Gasteiger charge is 2.29. The molecule has 3 nitrogen and oxygen atoms in total. The maximum Gasteiger partial charge on any atom is 0.148 e. The van der Waals surface area contributed by atoms with E-state index in [1.165, 1.54) is 30.5 Å². The number of anilines is 1. The van der Waals surface area contributed by atoms with Gasteiger partial charge in [0.2, 0.25) is 0 Å². The minimum Gasteiger partial charge on any atom is -0.382 e. The molecule has 2 rings (SSSR count). The van der Waals surface area contributed by atoms with Crippen molar-refractivity contribution in [2.24, 2.45) is 5.92 Å². The molecule has 1 aliphatic carbocycles. The van der Waals surface area contributed by atoms with Gasteiger partial charge in [0, 0.05) is 17.2 Å². The Morgan fingerprint density at radius 1 is 1.40 bits per heavy atom. The summed E-state index contributed by atoms with van der Waals surface area (Å²) in [4.78, 5) is 0. The maximum absolute atomic E-state index is 5.91. The Balaban J connectivity index is 2.35. The number of nitrogens with two attached hydrogens (primary N) is 1. The Hall–Kier alpha value is -0.990. The topological polar surface area (TPSA) is 54.7 Å². The number of hydrogen-bond donors (Lipinski definition) is 2. The van der Waals surface area contributed by atoms with Crippen LogP contribution in [0.4, 0.5) is 5.82 Å². The summed E-state index contributed by atoms with van der Waals surface area (Å²) in [6.45, 7) is 6.70. The van der Waals surface area contributed by atoms with E-state index in [0.717, 1.165) is 5.92 Å². The lowest BCUT2D eigenvalue weighted by Crippen LogP contribution is -2.07. The first-order valence-electron chi connectivity index (χ1n) is 5.95. The SMILES string of the molecule is CC(C)c1c(N)n[nH]c1C1CCCC1C. The van der Waals surface area contributed by atoms with Crippen LogP contribution in [0.5, 0.6) is 0 Å². The van der Waals surface area contributed by atoms with Gasteiger partial charge in [0.15, 0.2) is 0 Å². The van der Waals surface area contributed by atoms with Gasteiger partial charge in [0.25, 0.3) is 0 Å². The summed E-state index contributed by atoms with van der Waals surface area (Å²) >= 11 is 0. The molecule has 0 amide bonds. The molecule has 2 atom stereocenters. The van der Waals surface area contributed by atoms with Crippen molar-refractivity contribution in [3.05, 3.63) is 11.3 Å². The van der Waals surface area contributed by atoms with Gasteiger partial charge in [-0.2, -0.15) is 5.10 Å². The van der Waals surface area contributed by atoms with Gasteiger partial charge in [-0.3, -0.25) is 5.10 Å². The highest BCUT2D eigenvalue weighted by molar-refractivity contribution is 5.45. The fourth-order valence-corrected chi connectivity index (χ4v) is 2.84. The smallest absolute Gasteiger partial charge is 0.148 e. The van der Waals surface area contributed by atoms with E-state index in [2.05, 4.69) is 31.0 Å². The van der Waals surface area contributed by atoms with Crippen LogP contribution < -0.4 is 5.73 Å². The summed E-state index contributed by atoms with van der Waals surface area (Å²) in [5, 5.41) is 7.32. The molecular weight excluding hydrogens is 186 g/mol. The molecule has 1 fully saturated rings. The molecule has 0 saturated heterocycles. The first-order valence-corrected chi connectivity index (χ1v) is 5.95. The van der Waals surface area contributed by atoms with Crippen molar-refractivity contribution in [2.75, 3.05) is 5.73 Å². The predicted molar refractivity (Wildman–Crippen MR) is 62.8 cm³/mol. The zero-order chi connectivity index (χ0) is 11.0. The van der Waals surface area contributed by atoms with E-state index in [0.29, 0.717) is 17.7 Å². The molecule has 0 bridgehead atoms. The maximum atomic E-state index is 5.91. The van der Waals surface area contributed by atoms with Crippen molar-refractivity contribution in [1.82, 2.24) is 10.2 Å². The monoisotopic (exact) mass is 207 g/mol. The molecule has 1 aromatic heterocycles. The van der Waals surface area contributed by atoms with Crippen LogP contribution >= 0.6 is 0 Å². The largest absolute Gasteiger partial charge is 0.382 e. The molecule has 3 N–H and O–H groups in total. The summed E-state index contributed by atoms with van der Waals surface area (Å²) < 4.78 is 0. The lowest BCUT2D eigenvalue weighted by molar-refractivity contribution is 0.516. The molecule has 2 unspecified atom stereocenters. The van der Waals surface area contributed by atoms with E-state index in [4.69, 9.17) is 5.73 Å². The number of nitrogen functional groups attached to an aromatic ring is 1. The third kappa shape index (κ3) is 1.75. The van der Waals surface area contributed by atoms with Crippen LogP contribution in [-0.4, -0.2) is 10.2 Å². The number of hydrogen-bond acceptors (Lipinski definition) is 2. The van der Waals surface area contributed by atoms with Crippen molar-refractivity contribution < 1.29 is 0 Å². The Kier molecular flexibility index (Phi) is 2.72. The number of aromatic amines is 1. The minimum atomic E-state index is 0.464. The zero-order valence-electron chi connectivity index (χ0n) is 9.88. The van der Waals surface area contributed by atoms with E-state index in [1.807, 2.05) is 0 Å². The Bertz CT molecular complexity index is 341. The summed E-state index contributed by atoms with van der Waals surface area (Å²) in [5.41, 5.74) is 8.46. The van der Waals surface area contributed by atoms with E-state index in [9.17, 15) is 0 Å². The number of nitrogens with one attached hydrogen (secondary N) is 1. The van der Waals surface area contributed by atoms with Crippen LogP contribution in [0.15, 0.2) is 0 Å². The third-order valence-corrected chi connectivity index (χ3v) is 3.67. The minimum absolute atomic E-state index is 0.464. The molecule has 1 aromatic rings. The normalized spacial score (nSPS) is 26.4. The summed E-state index contributed by atoms with van der Waals surface area (Å²) in [6, 6.07) is 0. The van der Waals surface area contributed by atoms with E-state index < -0.39 is 0 Å². The van der Waals surface area contributed by atoms with Crippen LogP contribution in [-0.2, 0) is 0 Å². The fourth-order valence-electron chi connectivity index (χ4n) is 2.84.